The molecule has 0 radical (unpaired) electrons. The van der Waals surface area contributed by atoms with Gasteiger partial charge in [0, 0.05) is 10.6 Å². The second kappa shape index (κ2) is 6.59. The van der Waals surface area contributed by atoms with Crippen molar-refractivity contribution in [1.29, 1.82) is 0 Å². The first-order valence-electron chi connectivity index (χ1n) is 7.21. The first-order valence-corrected chi connectivity index (χ1v) is 9.03. The van der Waals surface area contributed by atoms with E-state index in [1.165, 1.54) is 18.2 Å². The maximum absolute atomic E-state index is 13.1. The van der Waals surface area contributed by atoms with Crippen molar-refractivity contribution in [3.05, 3.63) is 52.9 Å². The lowest BCUT2D eigenvalue weighted by atomic mass is 10.1. The lowest BCUT2D eigenvalue weighted by Crippen LogP contribution is -2.09. The van der Waals surface area contributed by atoms with Crippen LogP contribution in [0.5, 0.6) is 0 Å². The number of benzene rings is 1. The van der Waals surface area contributed by atoms with Crippen LogP contribution in [0.2, 0.25) is 5.02 Å². The molecule has 0 aliphatic carbocycles. The molecular formula is C15H10ClF3N4O3S. The maximum atomic E-state index is 13.1. The number of pyridine rings is 1. The summed E-state index contributed by atoms with van der Waals surface area (Å²) in [7, 11) is -4.49. The summed E-state index contributed by atoms with van der Waals surface area (Å²) < 4.78 is 71.3. The molecule has 0 aliphatic heterocycles. The number of halogens is 4. The Morgan fingerprint density at radius 2 is 1.89 bits per heavy atom. The van der Waals surface area contributed by atoms with Crippen LogP contribution in [-0.2, 0) is 16.3 Å². The quantitative estimate of drug-likeness (QED) is 0.653. The van der Waals surface area contributed by atoms with E-state index in [1.807, 2.05) is 0 Å². The van der Waals surface area contributed by atoms with Crippen molar-refractivity contribution in [3.8, 4) is 17.2 Å². The van der Waals surface area contributed by atoms with Gasteiger partial charge in [-0.3, -0.25) is 4.55 Å². The smallest absolute Gasteiger partial charge is 0.282 e. The van der Waals surface area contributed by atoms with Gasteiger partial charge in [0.2, 0.25) is 0 Å². The van der Waals surface area contributed by atoms with Crippen molar-refractivity contribution < 1.29 is 26.1 Å². The van der Waals surface area contributed by atoms with Gasteiger partial charge in [0.1, 0.15) is 4.90 Å². The van der Waals surface area contributed by atoms with Gasteiger partial charge in [-0.1, -0.05) is 11.6 Å². The highest BCUT2D eigenvalue weighted by Gasteiger charge is 2.37. The van der Waals surface area contributed by atoms with Crippen molar-refractivity contribution in [1.82, 2.24) is 19.7 Å². The molecule has 27 heavy (non-hydrogen) atoms. The van der Waals surface area contributed by atoms with Crippen molar-refractivity contribution in [2.75, 3.05) is 0 Å². The lowest BCUT2D eigenvalue weighted by Gasteiger charge is -2.07. The molecule has 2 heterocycles. The predicted molar refractivity (Wildman–Crippen MR) is 89.2 cm³/mol. The van der Waals surface area contributed by atoms with E-state index < -0.39 is 27.0 Å². The zero-order chi connectivity index (χ0) is 20.0. The molecular weight excluding hydrogens is 409 g/mol. The van der Waals surface area contributed by atoms with Crippen molar-refractivity contribution in [3.63, 3.8) is 0 Å². The van der Waals surface area contributed by atoms with Crippen LogP contribution >= 0.6 is 11.6 Å². The Morgan fingerprint density at radius 3 is 2.41 bits per heavy atom. The van der Waals surface area contributed by atoms with E-state index in [2.05, 4.69) is 15.1 Å². The monoisotopic (exact) mass is 418 g/mol. The molecule has 12 heteroatoms. The van der Waals surface area contributed by atoms with Crippen molar-refractivity contribution in [2.45, 2.75) is 18.0 Å². The largest absolute Gasteiger partial charge is 0.453 e. The Morgan fingerprint density at radius 1 is 1.19 bits per heavy atom. The number of alkyl halides is 3. The zero-order valence-electron chi connectivity index (χ0n) is 13.4. The van der Waals surface area contributed by atoms with Gasteiger partial charge >= 0.3 is 6.18 Å². The van der Waals surface area contributed by atoms with E-state index in [0.717, 1.165) is 23.0 Å². The van der Waals surface area contributed by atoms with E-state index >= 15 is 0 Å². The Kier molecular flexibility index (Phi) is 4.70. The molecule has 0 amide bonds. The molecule has 0 spiro atoms. The summed E-state index contributed by atoms with van der Waals surface area (Å²) in [5, 5.41) is 3.87. The van der Waals surface area contributed by atoms with Crippen LogP contribution in [0, 0.1) is 6.92 Å². The fraction of sp³-hybridized carbons (Fsp3) is 0.133. The summed E-state index contributed by atoms with van der Waals surface area (Å²) in [6.45, 7) is 1.68. The standard InChI is InChI=1S/C15H10ClF3N4O3S/c1-8-6-9(2-4-11(8)16)13-21-14(15(17,18)19)22-23(13)12-5-3-10(7-20-12)27(24,25)26/h2-7H,1H3,(H,24,25,26). The zero-order valence-corrected chi connectivity index (χ0v) is 15.0. The van der Waals surface area contributed by atoms with Crippen LogP contribution in [0.15, 0.2) is 41.4 Å². The van der Waals surface area contributed by atoms with Crippen LogP contribution in [0.4, 0.5) is 13.2 Å². The SMILES string of the molecule is Cc1cc(-c2nc(C(F)(F)F)nn2-c2ccc(S(=O)(=O)O)cn2)ccc1Cl. The van der Waals surface area contributed by atoms with Gasteiger partial charge < -0.3 is 0 Å². The molecule has 3 aromatic rings. The molecule has 0 saturated heterocycles. The Hall–Kier alpha value is -2.50. The highest BCUT2D eigenvalue weighted by Crippen LogP contribution is 2.31. The summed E-state index contributed by atoms with van der Waals surface area (Å²) in [4.78, 5) is 6.80. The van der Waals surface area contributed by atoms with Gasteiger partial charge in [0.25, 0.3) is 15.9 Å². The number of aryl methyl sites for hydroxylation is 1. The molecule has 0 bridgehead atoms. The molecule has 1 N–H and O–H groups in total. The third-order valence-electron chi connectivity index (χ3n) is 3.51. The van der Waals surface area contributed by atoms with Crippen molar-refractivity contribution in [2.24, 2.45) is 0 Å². The van der Waals surface area contributed by atoms with E-state index in [-0.39, 0.29) is 11.6 Å². The molecule has 0 unspecified atom stereocenters. The van der Waals surface area contributed by atoms with E-state index in [9.17, 15) is 21.6 Å². The van der Waals surface area contributed by atoms with Gasteiger partial charge in [0.05, 0.1) is 6.20 Å². The van der Waals surface area contributed by atoms with Gasteiger partial charge in [-0.2, -0.15) is 26.3 Å². The molecule has 1 aromatic carbocycles. The number of hydrogen-bond donors (Lipinski definition) is 1. The summed E-state index contributed by atoms with van der Waals surface area (Å²) in [5.74, 6) is -1.66. The van der Waals surface area contributed by atoms with Gasteiger partial charge in [0.15, 0.2) is 11.6 Å². The van der Waals surface area contributed by atoms with Gasteiger partial charge in [-0.25, -0.2) is 9.97 Å². The normalized spacial score (nSPS) is 12.4. The van der Waals surface area contributed by atoms with Crippen molar-refractivity contribution >= 4 is 21.7 Å². The Balaban J connectivity index is 2.19. The molecule has 3 rings (SSSR count). The fourth-order valence-corrected chi connectivity index (χ4v) is 2.76. The van der Waals surface area contributed by atoms with E-state index in [0.29, 0.717) is 16.1 Å². The number of hydrogen-bond acceptors (Lipinski definition) is 5. The van der Waals surface area contributed by atoms with Gasteiger partial charge in [-0.05, 0) is 42.8 Å². The van der Waals surface area contributed by atoms with Crippen LogP contribution < -0.4 is 0 Å². The predicted octanol–water partition coefficient (Wildman–Crippen LogP) is 3.56. The minimum absolute atomic E-state index is 0.118. The highest BCUT2D eigenvalue weighted by atomic mass is 35.5. The second-order valence-corrected chi connectivity index (χ2v) is 7.29. The third-order valence-corrected chi connectivity index (χ3v) is 4.77. The minimum atomic E-state index is -4.80. The summed E-state index contributed by atoms with van der Waals surface area (Å²) in [6.07, 6.45) is -3.99. The first-order chi connectivity index (χ1) is 12.5. The molecule has 7 nitrogen and oxygen atoms in total. The lowest BCUT2D eigenvalue weighted by molar-refractivity contribution is -0.144. The van der Waals surface area contributed by atoms with E-state index in [1.54, 1.807) is 6.92 Å². The number of aromatic nitrogens is 4. The summed E-state index contributed by atoms with van der Waals surface area (Å²) >= 11 is 5.95. The summed E-state index contributed by atoms with van der Waals surface area (Å²) in [5.41, 5.74) is 0.924. The average molecular weight is 419 g/mol. The van der Waals surface area contributed by atoms with E-state index in [4.69, 9.17) is 16.2 Å². The van der Waals surface area contributed by atoms with Crippen LogP contribution in [0.3, 0.4) is 0 Å². The minimum Gasteiger partial charge on any atom is -0.282 e. The van der Waals surface area contributed by atoms with Crippen LogP contribution in [0.1, 0.15) is 11.4 Å². The maximum Gasteiger partial charge on any atom is 0.453 e. The van der Waals surface area contributed by atoms with Crippen LogP contribution in [-0.4, -0.2) is 32.7 Å². The highest BCUT2D eigenvalue weighted by molar-refractivity contribution is 7.85. The second-order valence-electron chi connectivity index (χ2n) is 5.46. The van der Waals surface area contributed by atoms with Crippen LogP contribution in [0.25, 0.3) is 17.2 Å². The molecule has 0 saturated carbocycles. The number of rotatable bonds is 3. The van der Waals surface area contributed by atoms with Gasteiger partial charge in [-0.15, -0.1) is 5.10 Å². The molecule has 0 atom stereocenters. The molecule has 142 valence electrons. The Bertz CT molecular complexity index is 1110. The topological polar surface area (TPSA) is 98.0 Å². The molecule has 0 aliphatic rings. The molecule has 2 aromatic heterocycles. The Labute approximate surface area is 156 Å². The average Bonchev–Trinajstić information content (AvgIpc) is 3.02. The fourth-order valence-electron chi connectivity index (χ4n) is 2.21. The molecule has 0 fully saturated rings. The summed E-state index contributed by atoms with van der Waals surface area (Å²) in [6, 6.07) is 6.61. The third kappa shape index (κ3) is 3.94. The first kappa shape index (κ1) is 19.3. The number of nitrogens with zero attached hydrogens (tertiary/aromatic N) is 4.